The third kappa shape index (κ3) is 1.66. The third-order valence-electron chi connectivity index (χ3n) is 4.40. The van der Waals surface area contributed by atoms with Gasteiger partial charge in [-0.2, -0.15) is 0 Å². The van der Waals surface area contributed by atoms with Crippen molar-refractivity contribution >= 4 is 17.1 Å². The first-order valence-electron chi connectivity index (χ1n) is 6.71. The van der Waals surface area contributed by atoms with Crippen molar-refractivity contribution < 1.29 is 4.79 Å². The first kappa shape index (κ1) is 11.5. The predicted octanol–water partition coefficient (Wildman–Crippen LogP) is 4.16. The van der Waals surface area contributed by atoms with Crippen LogP contribution < -0.4 is 0 Å². The van der Waals surface area contributed by atoms with Gasteiger partial charge in [-0.1, -0.05) is 43.2 Å². The molecule has 2 aromatic rings. The lowest BCUT2D eigenvalue weighted by Gasteiger charge is -2.23. The van der Waals surface area contributed by atoms with Gasteiger partial charge in [-0.15, -0.1) is 0 Å². The highest BCUT2D eigenvalue weighted by Gasteiger charge is 2.35. The van der Waals surface area contributed by atoms with E-state index in [-0.39, 0.29) is 5.41 Å². The minimum Gasteiger partial charge on any atom is -0.302 e. The van der Waals surface area contributed by atoms with E-state index in [2.05, 4.69) is 43.3 Å². The zero-order chi connectivity index (χ0) is 12.6. The molecule has 0 aromatic heterocycles. The first-order valence-corrected chi connectivity index (χ1v) is 6.71. The van der Waals surface area contributed by atoms with Crippen LogP contribution in [0.5, 0.6) is 0 Å². The van der Waals surface area contributed by atoms with Crippen molar-refractivity contribution in [1.82, 2.24) is 0 Å². The highest BCUT2D eigenvalue weighted by molar-refractivity contribution is 5.87. The van der Waals surface area contributed by atoms with Crippen LogP contribution in [-0.2, 0) is 10.2 Å². The summed E-state index contributed by atoms with van der Waals surface area (Å²) in [6.45, 7) is 2.13. The van der Waals surface area contributed by atoms with Crippen molar-refractivity contribution in [2.75, 3.05) is 0 Å². The van der Waals surface area contributed by atoms with Gasteiger partial charge in [0.25, 0.3) is 0 Å². The van der Waals surface area contributed by atoms with Gasteiger partial charge in [0.15, 0.2) is 0 Å². The second-order valence-electron chi connectivity index (χ2n) is 5.49. The fourth-order valence-corrected chi connectivity index (χ4v) is 3.22. The Morgan fingerprint density at radius 3 is 2.61 bits per heavy atom. The Kier molecular flexibility index (Phi) is 2.70. The normalized spacial score (nSPS) is 18.1. The van der Waals surface area contributed by atoms with Crippen LogP contribution in [-0.4, -0.2) is 6.29 Å². The van der Waals surface area contributed by atoms with Crippen LogP contribution in [0.4, 0.5) is 0 Å². The molecule has 1 fully saturated rings. The molecule has 0 radical (unpaired) electrons. The lowest BCUT2D eigenvalue weighted by Crippen LogP contribution is -2.23. The lowest BCUT2D eigenvalue weighted by molar-refractivity contribution is -0.112. The molecule has 3 rings (SSSR count). The van der Waals surface area contributed by atoms with Gasteiger partial charge in [-0.25, -0.2) is 0 Å². The number of benzene rings is 2. The Morgan fingerprint density at radius 2 is 1.89 bits per heavy atom. The summed E-state index contributed by atoms with van der Waals surface area (Å²) >= 11 is 0. The number of hydrogen-bond donors (Lipinski definition) is 0. The van der Waals surface area contributed by atoms with E-state index < -0.39 is 0 Å². The molecular weight excluding hydrogens is 220 g/mol. The lowest BCUT2D eigenvalue weighted by atomic mass is 9.79. The molecular formula is C17H18O. The minimum absolute atomic E-state index is 0.212. The van der Waals surface area contributed by atoms with Crippen molar-refractivity contribution in [1.29, 1.82) is 0 Å². The zero-order valence-corrected chi connectivity index (χ0v) is 10.8. The second-order valence-corrected chi connectivity index (χ2v) is 5.49. The molecule has 1 nitrogen and oxygen atoms in total. The fraction of sp³-hybridized carbons (Fsp3) is 0.353. The Bertz CT molecular complexity index is 592. The molecule has 0 unspecified atom stereocenters. The third-order valence-corrected chi connectivity index (χ3v) is 4.40. The van der Waals surface area contributed by atoms with Gasteiger partial charge in [-0.3, -0.25) is 0 Å². The number of fused-ring (bicyclic) bond motifs is 1. The summed E-state index contributed by atoms with van der Waals surface area (Å²) in [7, 11) is 0. The molecule has 0 saturated heterocycles. The number of aldehydes is 1. The van der Waals surface area contributed by atoms with Crippen LogP contribution in [0.3, 0.4) is 0 Å². The maximum atomic E-state index is 11.6. The summed E-state index contributed by atoms with van der Waals surface area (Å²) in [5, 5.41) is 2.54. The van der Waals surface area contributed by atoms with E-state index in [1.165, 1.54) is 41.0 Å². The summed E-state index contributed by atoms with van der Waals surface area (Å²) < 4.78 is 0. The molecule has 0 atom stereocenters. The van der Waals surface area contributed by atoms with Gasteiger partial charge in [0.05, 0.1) is 5.41 Å². The second kappa shape index (κ2) is 4.24. The van der Waals surface area contributed by atoms with Gasteiger partial charge >= 0.3 is 0 Å². The van der Waals surface area contributed by atoms with Gasteiger partial charge in [0.2, 0.25) is 0 Å². The molecule has 0 bridgehead atoms. The largest absolute Gasteiger partial charge is 0.302 e. The van der Waals surface area contributed by atoms with Crippen molar-refractivity contribution in [3.8, 4) is 0 Å². The number of rotatable bonds is 2. The zero-order valence-electron chi connectivity index (χ0n) is 10.8. The average Bonchev–Trinajstić information content (AvgIpc) is 2.89. The molecule has 18 heavy (non-hydrogen) atoms. The van der Waals surface area contributed by atoms with Crippen molar-refractivity contribution in [3.63, 3.8) is 0 Å². The van der Waals surface area contributed by atoms with E-state index in [1.54, 1.807) is 0 Å². The van der Waals surface area contributed by atoms with E-state index >= 15 is 0 Å². The quantitative estimate of drug-likeness (QED) is 0.718. The molecule has 1 aliphatic carbocycles. The van der Waals surface area contributed by atoms with Crippen LogP contribution in [0.15, 0.2) is 36.4 Å². The molecule has 0 amide bonds. The summed E-state index contributed by atoms with van der Waals surface area (Å²) in [4.78, 5) is 11.6. The number of aryl methyl sites for hydroxylation is 1. The topological polar surface area (TPSA) is 17.1 Å². The fourth-order valence-electron chi connectivity index (χ4n) is 3.22. The van der Waals surface area contributed by atoms with E-state index in [0.29, 0.717) is 0 Å². The predicted molar refractivity (Wildman–Crippen MR) is 74.9 cm³/mol. The Balaban J connectivity index is 2.18. The smallest absolute Gasteiger partial charge is 0.130 e. The number of hydrogen-bond acceptors (Lipinski definition) is 1. The summed E-state index contributed by atoms with van der Waals surface area (Å²) in [6, 6.07) is 12.9. The van der Waals surface area contributed by atoms with Gasteiger partial charge in [0.1, 0.15) is 6.29 Å². The van der Waals surface area contributed by atoms with Crippen molar-refractivity contribution in [3.05, 3.63) is 47.5 Å². The number of carbonyl (C=O) groups is 1. The van der Waals surface area contributed by atoms with Crippen LogP contribution in [0, 0.1) is 6.92 Å². The molecule has 2 aromatic carbocycles. The Morgan fingerprint density at radius 1 is 1.11 bits per heavy atom. The molecule has 0 aliphatic heterocycles. The molecule has 1 aliphatic rings. The van der Waals surface area contributed by atoms with E-state index in [1.807, 2.05) is 0 Å². The molecule has 1 heteroatoms. The molecule has 1 saturated carbocycles. The SMILES string of the molecule is Cc1cccc2ccc(C3(C=O)CCCC3)cc12. The monoisotopic (exact) mass is 238 g/mol. The van der Waals surface area contributed by atoms with Gasteiger partial charge < -0.3 is 4.79 Å². The molecule has 0 spiro atoms. The van der Waals surface area contributed by atoms with Gasteiger partial charge in [-0.05, 0) is 47.7 Å². The summed E-state index contributed by atoms with van der Waals surface area (Å²) in [5.41, 5.74) is 2.28. The van der Waals surface area contributed by atoms with E-state index in [0.717, 1.165) is 12.8 Å². The maximum Gasteiger partial charge on any atom is 0.130 e. The maximum absolute atomic E-state index is 11.6. The summed E-state index contributed by atoms with van der Waals surface area (Å²) in [6.07, 6.45) is 5.54. The van der Waals surface area contributed by atoms with Crippen LogP contribution in [0.25, 0.3) is 10.8 Å². The highest BCUT2D eigenvalue weighted by Crippen LogP contribution is 2.40. The Hall–Kier alpha value is -1.63. The average molecular weight is 238 g/mol. The van der Waals surface area contributed by atoms with Crippen LogP contribution >= 0.6 is 0 Å². The highest BCUT2D eigenvalue weighted by atomic mass is 16.1. The van der Waals surface area contributed by atoms with Gasteiger partial charge in [0, 0.05) is 0 Å². The molecule has 0 N–H and O–H groups in total. The van der Waals surface area contributed by atoms with E-state index in [4.69, 9.17) is 0 Å². The molecule has 92 valence electrons. The minimum atomic E-state index is -0.212. The molecule has 0 heterocycles. The van der Waals surface area contributed by atoms with Crippen molar-refractivity contribution in [2.24, 2.45) is 0 Å². The standard InChI is InChI=1S/C17H18O/c1-13-5-4-6-14-7-8-15(11-16(13)14)17(12-18)9-2-3-10-17/h4-8,11-12H,2-3,9-10H2,1H3. The first-order chi connectivity index (χ1) is 8.75. The van der Waals surface area contributed by atoms with E-state index in [9.17, 15) is 4.79 Å². The van der Waals surface area contributed by atoms with Crippen LogP contribution in [0.1, 0.15) is 36.8 Å². The van der Waals surface area contributed by atoms with Crippen molar-refractivity contribution in [2.45, 2.75) is 38.0 Å². The number of carbonyl (C=O) groups excluding carboxylic acids is 1. The van der Waals surface area contributed by atoms with Crippen LogP contribution in [0.2, 0.25) is 0 Å². The Labute approximate surface area is 108 Å². The summed E-state index contributed by atoms with van der Waals surface area (Å²) in [5.74, 6) is 0.